The summed E-state index contributed by atoms with van der Waals surface area (Å²) in [5.41, 5.74) is 3.19. The van der Waals surface area contributed by atoms with E-state index in [4.69, 9.17) is 9.72 Å². The molecule has 0 atom stereocenters. The number of piperidine rings is 1. The third-order valence-corrected chi connectivity index (χ3v) is 6.31. The van der Waals surface area contributed by atoms with Crippen LogP contribution in [0, 0.1) is 0 Å². The fraction of sp³-hybridized carbons (Fsp3) is 0.591. The number of hydrogen-bond donors (Lipinski definition) is 1. The van der Waals surface area contributed by atoms with Crippen LogP contribution >= 0.6 is 0 Å². The van der Waals surface area contributed by atoms with Crippen LogP contribution in [0.2, 0.25) is 0 Å². The highest BCUT2D eigenvalue weighted by molar-refractivity contribution is 5.34. The number of likely N-dealkylation sites (tertiary alicyclic amines) is 1. The molecule has 1 aliphatic heterocycles. The minimum atomic E-state index is -0.154. The lowest BCUT2D eigenvalue weighted by molar-refractivity contribution is 0.149. The van der Waals surface area contributed by atoms with Gasteiger partial charge in [-0.15, -0.1) is 0 Å². The number of fused-ring (bicyclic) bond motifs is 2. The van der Waals surface area contributed by atoms with Crippen LogP contribution in [0.25, 0.3) is 0 Å². The number of aromatic amines is 1. The van der Waals surface area contributed by atoms with Crippen molar-refractivity contribution >= 4 is 0 Å². The SMILES string of the molecule is COc1cc(CN2CCC3(CCc4c3nc(C(C)(C)C)[nH]c4=O)CC2)ccn1. The number of H-pyrrole nitrogens is 1. The predicted octanol–water partition coefficient (Wildman–Crippen LogP) is 2.95. The topological polar surface area (TPSA) is 71.1 Å². The Kier molecular flexibility index (Phi) is 4.78. The van der Waals surface area contributed by atoms with Crippen LogP contribution in [0.3, 0.4) is 0 Å². The fourth-order valence-electron chi connectivity index (χ4n) is 4.55. The summed E-state index contributed by atoms with van der Waals surface area (Å²) in [5, 5.41) is 0. The fourth-order valence-corrected chi connectivity index (χ4v) is 4.55. The number of rotatable bonds is 3. The monoisotopic (exact) mass is 382 g/mol. The first-order valence-corrected chi connectivity index (χ1v) is 10.2. The third kappa shape index (κ3) is 3.46. The van der Waals surface area contributed by atoms with Crippen molar-refractivity contribution in [3.8, 4) is 5.88 Å². The molecule has 6 heteroatoms. The second kappa shape index (κ2) is 6.99. The summed E-state index contributed by atoms with van der Waals surface area (Å²) in [4.78, 5) is 27.3. The summed E-state index contributed by atoms with van der Waals surface area (Å²) in [6.07, 6.45) is 5.81. The lowest BCUT2D eigenvalue weighted by Gasteiger charge is -2.39. The predicted molar refractivity (Wildman–Crippen MR) is 109 cm³/mol. The molecule has 28 heavy (non-hydrogen) atoms. The average Bonchev–Trinajstić information content (AvgIpc) is 3.02. The zero-order valence-corrected chi connectivity index (χ0v) is 17.3. The van der Waals surface area contributed by atoms with Crippen molar-refractivity contribution in [3.63, 3.8) is 0 Å². The van der Waals surface area contributed by atoms with E-state index in [0.29, 0.717) is 5.88 Å². The Bertz CT molecular complexity index is 921. The maximum atomic E-state index is 12.6. The van der Waals surface area contributed by atoms with Gasteiger partial charge in [-0.05, 0) is 50.4 Å². The van der Waals surface area contributed by atoms with E-state index in [0.717, 1.165) is 62.4 Å². The van der Waals surface area contributed by atoms with Gasteiger partial charge >= 0.3 is 0 Å². The van der Waals surface area contributed by atoms with Gasteiger partial charge in [-0.2, -0.15) is 0 Å². The summed E-state index contributed by atoms with van der Waals surface area (Å²) < 4.78 is 5.24. The highest BCUT2D eigenvalue weighted by Gasteiger charge is 2.44. The van der Waals surface area contributed by atoms with Crippen molar-refractivity contribution in [2.45, 2.75) is 63.8 Å². The molecule has 0 unspecified atom stereocenters. The highest BCUT2D eigenvalue weighted by atomic mass is 16.5. The maximum absolute atomic E-state index is 12.6. The van der Waals surface area contributed by atoms with E-state index in [1.165, 1.54) is 5.56 Å². The van der Waals surface area contributed by atoms with Gasteiger partial charge in [-0.3, -0.25) is 9.69 Å². The van der Waals surface area contributed by atoms with Gasteiger partial charge in [0.2, 0.25) is 5.88 Å². The molecule has 0 radical (unpaired) electrons. The van der Waals surface area contributed by atoms with E-state index in [9.17, 15) is 4.79 Å². The summed E-state index contributed by atoms with van der Waals surface area (Å²) in [5.74, 6) is 1.47. The molecular formula is C22H30N4O2. The van der Waals surface area contributed by atoms with E-state index in [1.54, 1.807) is 13.3 Å². The molecule has 1 saturated heterocycles. The van der Waals surface area contributed by atoms with Crippen molar-refractivity contribution in [3.05, 3.63) is 51.3 Å². The average molecular weight is 383 g/mol. The van der Waals surface area contributed by atoms with Gasteiger partial charge in [-0.25, -0.2) is 9.97 Å². The number of pyridine rings is 1. The summed E-state index contributed by atoms with van der Waals surface area (Å²) in [7, 11) is 1.65. The highest BCUT2D eigenvalue weighted by Crippen LogP contribution is 2.44. The second-order valence-corrected chi connectivity index (χ2v) is 9.25. The summed E-state index contributed by atoms with van der Waals surface area (Å²) in [6, 6.07) is 4.06. The molecule has 1 aliphatic carbocycles. The lowest BCUT2D eigenvalue weighted by atomic mass is 9.76. The number of hydrogen-bond acceptors (Lipinski definition) is 5. The molecule has 0 amide bonds. The Morgan fingerprint density at radius 1 is 1.25 bits per heavy atom. The van der Waals surface area contributed by atoms with Crippen molar-refractivity contribution in [2.75, 3.05) is 20.2 Å². The first-order valence-electron chi connectivity index (χ1n) is 10.2. The second-order valence-electron chi connectivity index (χ2n) is 9.25. The molecule has 6 nitrogen and oxygen atoms in total. The van der Waals surface area contributed by atoms with Crippen LogP contribution < -0.4 is 10.3 Å². The van der Waals surface area contributed by atoms with Gasteiger partial charge in [0.05, 0.1) is 12.8 Å². The van der Waals surface area contributed by atoms with Crippen LogP contribution in [0.4, 0.5) is 0 Å². The number of methoxy groups -OCH3 is 1. The lowest BCUT2D eigenvalue weighted by Crippen LogP contribution is -2.42. The summed E-state index contributed by atoms with van der Waals surface area (Å²) >= 11 is 0. The molecule has 4 rings (SSSR count). The third-order valence-electron chi connectivity index (χ3n) is 6.31. The quantitative estimate of drug-likeness (QED) is 0.884. The largest absolute Gasteiger partial charge is 0.481 e. The van der Waals surface area contributed by atoms with E-state index in [2.05, 4.69) is 41.7 Å². The zero-order valence-electron chi connectivity index (χ0n) is 17.3. The molecule has 0 aromatic carbocycles. The van der Waals surface area contributed by atoms with Crippen LogP contribution in [-0.4, -0.2) is 40.1 Å². The molecule has 2 aromatic heterocycles. The molecule has 1 N–H and O–H groups in total. The number of aromatic nitrogens is 3. The molecule has 2 aromatic rings. The number of nitrogens with one attached hydrogen (secondary N) is 1. The number of ether oxygens (including phenoxy) is 1. The Balaban J connectivity index is 1.53. The maximum Gasteiger partial charge on any atom is 0.254 e. The molecule has 2 aliphatic rings. The Labute approximate surface area is 166 Å². The van der Waals surface area contributed by atoms with Gasteiger partial charge in [-0.1, -0.05) is 20.8 Å². The van der Waals surface area contributed by atoms with Crippen molar-refractivity contribution < 1.29 is 4.74 Å². The van der Waals surface area contributed by atoms with Gasteiger partial charge in [0, 0.05) is 35.2 Å². The molecule has 3 heterocycles. The van der Waals surface area contributed by atoms with Crippen LogP contribution in [-0.2, 0) is 23.8 Å². The van der Waals surface area contributed by atoms with E-state index < -0.39 is 0 Å². The standard InChI is InChI=1S/C22H30N4O2/c1-21(2,3)20-24-18-16(19(27)25-20)5-7-22(18)8-11-26(12-9-22)14-15-6-10-23-17(13-15)28-4/h6,10,13H,5,7-9,11-12,14H2,1-4H3,(H,24,25,27). The molecule has 0 bridgehead atoms. The first-order chi connectivity index (χ1) is 13.3. The Morgan fingerprint density at radius 2 is 2.00 bits per heavy atom. The van der Waals surface area contributed by atoms with E-state index in [1.807, 2.05) is 6.07 Å². The van der Waals surface area contributed by atoms with E-state index >= 15 is 0 Å². The Morgan fingerprint density at radius 3 is 2.68 bits per heavy atom. The Hall–Kier alpha value is -2.21. The van der Waals surface area contributed by atoms with Gasteiger partial charge in [0.15, 0.2) is 0 Å². The minimum absolute atomic E-state index is 0.0655. The number of nitrogens with zero attached hydrogens (tertiary/aromatic N) is 3. The zero-order chi connectivity index (χ0) is 19.9. The van der Waals surface area contributed by atoms with Crippen LogP contribution in [0.1, 0.15) is 62.7 Å². The first kappa shape index (κ1) is 19.1. The van der Waals surface area contributed by atoms with Crippen molar-refractivity contribution in [1.82, 2.24) is 19.9 Å². The minimum Gasteiger partial charge on any atom is -0.481 e. The van der Waals surface area contributed by atoms with Gasteiger partial charge in [0.1, 0.15) is 5.82 Å². The molecule has 0 saturated carbocycles. The van der Waals surface area contributed by atoms with Crippen LogP contribution in [0.5, 0.6) is 5.88 Å². The molecule has 1 fully saturated rings. The van der Waals surface area contributed by atoms with Crippen molar-refractivity contribution in [1.29, 1.82) is 0 Å². The van der Waals surface area contributed by atoms with Crippen molar-refractivity contribution in [2.24, 2.45) is 0 Å². The van der Waals surface area contributed by atoms with Gasteiger partial charge < -0.3 is 9.72 Å². The van der Waals surface area contributed by atoms with Gasteiger partial charge in [0.25, 0.3) is 5.56 Å². The normalized spacial score (nSPS) is 19.0. The summed E-state index contributed by atoms with van der Waals surface area (Å²) in [6.45, 7) is 9.24. The van der Waals surface area contributed by atoms with E-state index in [-0.39, 0.29) is 16.4 Å². The smallest absolute Gasteiger partial charge is 0.254 e. The molecular weight excluding hydrogens is 352 g/mol. The molecule has 1 spiro atoms. The van der Waals surface area contributed by atoms with Crippen LogP contribution in [0.15, 0.2) is 23.1 Å². The molecule has 150 valence electrons.